The molecule has 106 valence electrons. The number of nitrogens with one attached hydrogen (secondary N) is 1. The molecule has 5 nitrogen and oxygen atoms in total. The Balaban J connectivity index is 3.10. The number of sulfonamides is 1. The number of carbonyl (C=O) groups is 1. The molecular weight excluding hydrogens is 290 g/mol. The molecule has 0 fully saturated rings. The lowest BCUT2D eigenvalue weighted by Gasteiger charge is -2.15. The van der Waals surface area contributed by atoms with Crippen LogP contribution < -0.4 is 4.72 Å². The van der Waals surface area contributed by atoms with Gasteiger partial charge in [-0.1, -0.05) is 31.0 Å². The topological polar surface area (TPSA) is 83.5 Å². The average Bonchev–Trinajstić information content (AvgIpc) is 2.31. The highest BCUT2D eigenvalue weighted by Crippen LogP contribution is 2.23. The Bertz CT molecular complexity index is 571. The second-order valence-corrected chi connectivity index (χ2v) is 6.25. The first kappa shape index (κ1) is 15.9. The maximum atomic E-state index is 12.2. The molecule has 1 rings (SSSR count). The van der Waals surface area contributed by atoms with E-state index >= 15 is 0 Å². The Labute approximate surface area is 117 Å². The fraction of sp³-hybridized carbons (Fsp3) is 0.417. The Morgan fingerprint density at radius 3 is 2.63 bits per heavy atom. The Morgan fingerprint density at radius 2 is 2.11 bits per heavy atom. The monoisotopic (exact) mass is 305 g/mol. The standard InChI is InChI=1S/C12H16ClNO4S/c1-3-5-10(12(15)16)14-19(17,18)11-7-4-6-9(13)8(11)2/h4,6-7,10,14H,3,5H2,1-2H3,(H,15,16)/t10-/m1/s1. The number of hydrogen-bond donors (Lipinski definition) is 2. The molecule has 0 saturated heterocycles. The number of halogens is 1. The van der Waals surface area contributed by atoms with Crippen LogP contribution >= 0.6 is 11.6 Å². The molecule has 0 aliphatic rings. The SMILES string of the molecule is CCC[C@@H](NS(=O)(=O)c1cccc(Cl)c1C)C(=O)O. The van der Waals surface area contributed by atoms with Gasteiger partial charge in [0.2, 0.25) is 10.0 Å². The van der Waals surface area contributed by atoms with Gasteiger partial charge in [0.25, 0.3) is 0 Å². The van der Waals surface area contributed by atoms with E-state index in [2.05, 4.69) is 4.72 Å². The van der Waals surface area contributed by atoms with Gasteiger partial charge < -0.3 is 5.11 Å². The molecule has 0 aliphatic heterocycles. The van der Waals surface area contributed by atoms with Crippen LogP contribution in [0.2, 0.25) is 5.02 Å². The highest BCUT2D eigenvalue weighted by Gasteiger charge is 2.26. The first-order valence-corrected chi connectivity index (χ1v) is 7.66. The zero-order chi connectivity index (χ0) is 14.6. The number of carboxylic acids is 1. The summed E-state index contributed by atoms with van der Waals surface area (Å²) in [6, 6.07) is 3.36. The van der Waals surface area contributed by atoms with E-state index in [1.54, 1.807) is 19.9 Å². The number of rotatable bonds is 6. The van der Waals surface area contributed by atoms with Crippen molar-refractivity contribution in [2.45, 2.75) is 37.6 Å². The summed E-state index contributed by atoms with van der Waals surface area (Å²) in [5, 5.41) is 9.31. The van der Waals surface area contributed by atoms with Crippen LogP contribution in [0.15, 0.2) is 23.1 Å². The van der Waals surface area contributed by atoms with Gasteiger partial charge in [-0.25, -0.2) is 8.42 Å². The Hall–Kier alpha value is -1.11. The molecule has 0 spiro atoms. The van der Waals surface area contributed by atoms with Crippen LogP contribution in [0.25, 0.3) is 0 Å². The van der Waals surface area contributed by atoms with Gasteiger partial charge in [0.1, 0.15) is 6.04 Å². The molecule has 0 radical (unpaired) electrons. The van der Waals surface area contributed by atoms with Gasteiger partial charge in [0.05, 0.1) is 4.90 Å². The van der Waals surface area contributed by atoms with Crippen LogP contribution in [0.5, 0.6) is 0 Å². The van der Waals surface area contributed by atoms with Gasteiger partial charge >= 0.3 is 5.97 Å². The van der Waals surface area contributed by atoms with Crippen molar-refractivity contribution < 1.29 is 18.3 Å². The van der Waals surface area contributed by atoms with Gasteiger partial charge in [-0.15, -0.1) is 0 Å². The number of benzene rings is 1. The second-order valence-electron chi connectivity index (χ2n) is 4.16. The molecule has 0 aromatic heterocycles. The van der Waals surface area contributed by atoms with Crippen LogP contribution in [0, 0.1) is 6.92 Å². The molecular formula is C12H16ClNO4S. The maximum absolute atomic E-state index is 12.2. The lowest BCUT2D eigenvalue weighted by molar-refractivity contribution is -0.139. The van der Waals surface area contributed by atoms with Crippen molar-refractivity contribution in [3.63, 3.8) is 0 Å². The summed E-state index contributed by atoms with van der Waals surface area (Å²) in [6.45, 7) is 3.36. The summed E-state index contributed by atoms with van der Waals surface area (Å²) < 4.78 is 26.5. The highest BCUT2D eigenvalue weighted by molar-refractivity contribution is 7.89. The lowest BCUT2D eigenvalue weighted by Crippen LogP contribution is -2.40. The normalized spacial score (nSPS) is 13.2. The zero-order valence-corrected chi connectivity index (χ0v) is 12.3. The molecule has 0 saturated carbocycles. The molecule has 19 heavy (non-hydrogen) atoms. The van der Waals surface area contributed by atoms with Gasteiger partial charge in [-0.05, 0) is 31.0 Å². The summed E-state index contributed by atoms with van der Waals surface area (Å²) in [4.78, 5) is 11.0. The van der Waals surface area contributed by atoms with Gasteiger partial charge in [-0.3, -0.25) is 4.79 Å². The number of carboxylic acid groups (broad SMARTS) is 1. The Kier molecular flexibility index (Phi) is 5.34. The molecule has 7 heteroatoms. The summed E-state index contributed by atoms with van der Waals surface area (Å²) >= 11 is 5.87. The fourth-order valence-corrected chi connectivity index (χ4v) is 3.37. The summed E-state index contributed by atoms with van der Waals surface area (Å²) in [6.07, 6.45) is 0.794. The van der Waals surface area contributed by atoms with E-state index in [-0.39, 0.29) is 11.3 Å². The molecule has 0 aliphatic carbocycles. The smallest absolute Gasteiger partial charge is 0.321 e. The molecule has 1 aromatic carbocycles. The molecule has 0 bridgehead atoms. The minimum absolute atomic E-state index is 0.00218. The van der Waals surface area contributed by atoms with Crippen molar-refractivity contribution in [2.75, 3.05) is 0 Å². The number of hydrogen-bond acceptors (Lipinski definition) is 3. The first-order chi connectivity index (χ1) is 8.79. The lowest BCUT2D eigenvalue weighted by atomic mass is 10.2. The van der Waals surface area contributed by atoms with Crippen LogP contribution in [0.3, 0.4) is 0 Å². The summed E-state index contributed by atoms with van der Waals surface area (Å²) in [5.74, 6) is -1.19. The average molecular weight is 306 g/mol. The quantitative estimate of drug-likeness (QED) is 0.844. The van der Waals surface area contributed by atoms with Gasteiger partial charge in [0.15, 0.2) is 0 Å². The van der Waals surface area contributed by atoms with E-state index in [9.17, 15) is 13.2 Å². The molecule has 0 unspecified atom stereocenters. The largest absolute Gasteiger partial charge is 0.480 e. The van der Waals surface area contributed by atoms with Gasteiger partial charge in [0, 0.05) is 5.02 Å². The van der Waals surface area contributed by atoms with Crippen molar-refractivity contribution in [3.05, 3.63) is 28.8 Å². The third-order valence-electron chi connectivity index (χ3n) is 2.68. The molecule has 1 atom stereocenters. The van der Waals surface area contributed by atoms with Crippen LogP contribution in [-0.4, -0.2) is 25.5 Å². The van der Waals surface area contributed by atoms with E-state index < -0.39 is 22.0 Å². The van der Waals surface area contributed by atoms with Crippen LogP contribution in [0.1, 0.15) is 25.3 Å². The van der Waals surface area contributed by atoms with Crippen molar-refractivity contribution in [2.24, 2.45) is 0 Å². The zero-order valence-electron chi connectivity index (χ0n) is 10.7. The minimum Gasteiger partial charge on any atom is -0.480 e. The van der Waals surface area contributed by atoms with E-state index in [0.717, 1.165) is 0 Å². The third-order valence-corrected chi connectivity index (χ3v) is 4.71. The minimum atomic E-state index is -3.90. The van der Waals surface area contributed by atoms with E-state index in [1.807, 2.05) is 0 Å². The maximum Gasteiger partial charge on any atom is 0.321 e. The van der Waals surface area contributed by atoms with Crippen LogP contribution in [0.4, 0.5) is 0 Å². The number of aliphatic carboxylic acids is 1. The van der Waals surface area contributed by atoms with Crippen LogP contribution in [-0.2, 0) is 14.8 Å². The van der Waals surface area contributed by atoms with Crippen molar-refractivity contribution in [1.82, 2.24) is 4.72 Å². The van der Waals surface area contributed by atoms with E-state index in [4.69, 9.17) is 16.7 Å². The van der Waals surface area contributed by atoms with E-state index in [1.165, 1.54) is 12.1 Å². The van der Waals surface area contributed by atoms with Crippen molar-refractivity contribution >= 4 is 27.6 Å². The van der Waals surface area contributed by atoms with E-state index in [0.29, 0.717) is 17.0 Å². The molecule has 0 heterocycles. The highest BCUT2D eigenvalue weighted by atomic mass is 35.5. The third kappa shape index (κ3) is 3.92. The van der Waals surface area contributed by atoms with Gasteiger partial charge in [-0.2, -0.15) is 4.72 Å². The second kappa shape index (κ2) is 6.36. The predicted molar refractivity (Wildman–Crippen MR) is 72.8 cm³/mol. The predicted octanol–water partition coefficient (Wildman–Crippen LogP) is 2.18. The summed E-state index contributed by atoms with van der Waals surface area (Å²) in [7, 11) is -3.90. The Morgan fingerprint density at radius 1 is 1.47 bits per heavy atom. The summed E-state index contributed by atoms with van der Waals surface area (Å²) in [5.41, 5.74) is 0.400. The van der Waals surface area contributed by atoms with Crippen molar-refractivity contribution in [1.29, 1.82) is 0 Å². The molecule has 2 N–H and O–H groups in total. The molecule has 0 amide bonds. The molecule has 1 aromatic rings. The first-order valence-electron chi connectivity index (χ1n) is 5.80. The van der Waals surface area contributed by atoms with Crippen molar-refractivity contribution in [3.8, 4) is 0 Å². The fourth-order valence-electron chi connectivity index (χ4n) is 1.65.